The monoisotopic (exact) mass is 246 g/mol. The van der Waals surface area contributed by atoms with Crippen molar-refractivity contribution in [1.29, 1.82) is 5.26 Å². The fourth-order valence-corrected chi connectivity index (χ4v) is 1.43. The van der Waals surface area contributed by atoms with Gasteiger partial charge in [-0.3, -0.25) is 4.79 Å². The molecule has 1 aromatic rings. The molecule has 0 fully saturated rings. The number of nitriles is 1. The van der Waals surface area contributed by atoms with Gasteiger partial charge in [-0.05, 0) is 45.4 Å². The first-order valence-electron chi connectivity index (χ1n) is 5.78. The Kier molecular flexibility index (Phi) is 4.33. The van der Waals surface area contributed by atoms with Gasteiger partial charge in [-0.2, -0.15) is 5.26 Å². The molecular weight excluding hydrogens is 228 g/mol. The Morgan fingerprint density at radius 3 is 2.67 bits per heavy atom. The van der Waals surface area contributed by atoms with Crippen LogP contribution in [0.1, 0.15) is 31.9 Å². The van der Waals surface area contributed by atoms with Crippen LogP contribution in [-0.4, -0.2) is 18.1 Å². The van der Waals surface area contributed by atoms with Crippen LogP contribution in [-0.2, 0) is 9.53 Å². The van der Waals surface area contributed by atoms with Crippen LogP contribution in [0.15, 0.2) is 18.2 Å². The van der Waals surface area contributed by atoms with E-state index in [1.54, 1.807) is 12.1 Å². The van der Waals surface area contributed by atoms with Gasteiger partial charge in [-0.15, -0.1) is 0 Å². The Balaban J connectivity index is 2.64. The Bertz CT molecular complexity index is 482. The highest BCUT2D eigenvalue weighted by atomic mass is 16.6. The molecule has 1 rings (SSSR count). The third-order valence-electron chi connectivity index (χ3n) is 2.21. The van der Waals surface area contributed by atoms with Gasteiger partial charge in [0.1, 0.15) is 12.1 Å². The number of nitrogens with one attached hydrogen (secondary N) is 1. The van der Waals surface area contributed by atoms with Crippen molar-refractivity contribution in [3.63, 3.8) is 0 Å². The zero-order chi connectivity index (χ0) is 13.8. The Labute approximate surface area is 108 Å². The molecule has 0 aliphatic rings. The van der Waals surface area contributed by atoms with Gasteiger partial charge >= 0.3 is 5.97 Å². The van der Waals surface area contributed by atoms with Crippen LogP contribution in [0.4, 0.5) is 5.69 Å². The zero-order valence-corrected chi connectivity index (χ0v) is 11.2. The van der Waals surface area contributed by atoms with E-state index < -0.39 is 5.60 Å². The van der Waals surface area contributed by atoms with Crippen molar-refractivity contribution in [2.24, 2.45) is 0 Å². The number of anilines is 1. The van der Waals surface area contributed by atoms with Crippen LogP contribution in [0, 0.1) is 18.3 Å². The summed E-state index contributed by atoms with van der Waals surface area (Å²) in [7, 11) is 0. The summed E-state index contributed by atoms with van der Waals surface area (Å²) in [5.74, 6) is -0.315. The number of rotatable bonds is 3. The second-order valence-electron chi connectivity index (χ2n) is 5.08. The van der Waals surface area contributed by atoms with Gasteiger partial charge in [0.15, 0.2) is 0 Å². The first-order chi connectivity index (χ1) is 8.31. The minimum atomic E-state index is -0.484. The molecule has 0 aliphatic carbocycles. The van der Waals surface area contributed by atoms with E-state index in [0.717, 1.165) is 11.3 Å². The van der Waals surface area contributed by atoms with Crippen LogP contribution in [0.3, 0.4) is 0 Å². The number of benzene rings is 1. The molecule has 4 nitrogen and oxygen atoms in total. The van der Waals surface area contributed by atoms with Gasteiger partial charge in [0, 0.05) is 5.69 Å². The number of ether oxygens (including phenoxy) is 1. The van der Waals surface area contributed by atoms with E-state index in [-0.39, 0.29) is 12.5 Å². The maximum absolute atomic E-state index is 11.5. The van der Waals surface area contributed by atoms with E-state index in [0.29, 0.717) is 5.56 Å². The quantitative estimate of drug-likeness (QED) is 0.833. The first kappa shape index (κ1) is 14.0. The average molecular weight is 246 g/mol. The molecule has 0 amide bonds. The number of hydrogen-bond donors (Lipinski definition) is 1. The molecule has 0 bridgehead atoms. The summed E-state index contributed by atoms with van der Waals surface area (Å²) in [5, 5.41) is 11.8. The van der Waals surface area contributed by atoms with E-state index in [1.807, 2.05) is 33.8 Å². The number of carbonyl (C=O) groups excluding carboxylic acids is 1. The SMILES string of the molecule is Cc1ccc(C#N)cc1NCC(=O)OC(C)(C)C. The summed E-state index contributed by atoms with van der Waals surface area (Å²) in [4.78, 5) is 11.5. The predicted octanol–water partition coefficient (Wildman–Crippen LogP) is 2.62. The van der Waals surface area contributed by atoms with Gasteiger partial charge < -0.3 is 10.1 Å². The van der Waals surface area contributed by atoms with Crippen LogP contribution in [0.5, 0.6) is 0 Å². The second-order valence-corrected chi connectivity index (χ2v) is 5.08. The largest absolute Gasteiger partial charge is 0.459 e. The average Bonchev–Trinajstić information content (AvgIpc) is 2.25. The number of carbonyl (C=O) groups is 1. The summed E-state index contributed by atoms with van der Waals surface area (Å²) in [6.45, 7) is 7.48. The normalized spacial score (nSPS) is 10.6. The lowest BCUT2D eigenvalue weighted by atomic mass is 10.1. The van der Waals surface area contributed by atoms with Gasteiger partial charge in [-0.1, -0.05) is 6.07 Å². The van der Waals surface area contributed by atoms with E-state index in [9.17, 15) is 4.79 Å². The van der Waals surface area contributed by atoms with Crippen molar-refractivity contribution in [3.8, 4) is 6.07 Å². The fraction of sp³-hybridized carbons (Fsp3) is 0.429. The third-order valence-corrected chi connectivity index (χ3v) is 2.21. The minimum Gasteiger partial charge on any atom is -0.459 e. The van der Waals surface area contributed by atoms with Crippen LogP contribution in [0.25, 0.3) is 0 Å². The maximum atomic E-state index is 11.5. The molecule has 0 saturated heterocycles. The van der Waals surface area contributed by atoms with Crippen LogP contribution >= 0.6 is 0 Å². The topological polar surface area (TPSA) is 62.1 Å². The number of esters is 1. The van der Waals surface area contributed by atoms with Gasteiger partial charge in [0.2, 0.25) is 0 Å². The third kappa shape index (κ3) is 4.46. The highest BCUT2D eigenvalue weighted by Crippen LogP contribution is 2.16. The molecule has 0 aromatic heterocycles. The number of aryl methyl sites for hydroxylation is 1. The highest BCUT2D eigenvalue weighted by molar-refractivity contribution is 5.76. The molecule has 0 aliphatic heterocycles. The molecule has 0 saturated carbocycles. The van der Waals surface area contributed by atoms with Gasteiger partial charge in [0.25, 0.3) is 0 Å². The lowest BCUT2D eigenvalue weighted by Gasteiger charge is -2.20. The molecule has 0 spiro atoms. The predicted molar refractivity (Wildman–Crippen MR) is 70.2 cm³/mol. The molecular formula is C14H18N2O2. The summed E-state index contributed by atoms with van der Waals surface area (Å²) in [5.41, 5.74) is 1.84. The molecule has 0 radical (unpaired) electrons. The van der Waals surface area contributed by atoms with E-state index in [1.165, 1.54) is 0 Å². The standard InChI is InChI=1S/C14H18N2O2/c1-10-5-6-11(8-15)7-12(10)16-9-13(17)18-14(2,3)4/h5-7,16H,9H2,1-4H3. The maximum Gasteiger partial charge on any atom is 0.325 e. The molecule has 1 N–H and O–H groups in total. The van der Waals surface area contributed by atoms with E-state index in [2.05, 4.69) is 11.4 Å². The molecule has 0 unspecified atom stereocenters. The first-order valence-corrected chi connectivity index (χ1v) is 5.78. The van der Waals surface area contributed by atoms with Crippen molar-refractivity contribution in [2.45, 2.75) is 33.3 Å². The zero-order valence-electron chi connectivity index (χ0n) is 11.2. The van der Waals surface area contributed by atoms with Crippen LogP contribution in [0.2, 0.25) is 0 Å². The lowest BCUT2D eigenvalue weighted by molar-refractivity contribution is -0.152. The summed E-state index contributed by atoms with van der Waals surface area (Å²) in [6.07, 6.45) is 0. The van der Waals surface area contributed by atoms with Gasteiger partial charge in [0.05, 0.1) is 11.6 Å². The Hall–Kier alpha value is -2.02. The number of hydrogen-bond acceptors (Lipinski definition) is 4. The Morgan fingerprint density at radius 1 is 1.44 bits per heavy atom. The van der Waals surface area contributed by atoms with Crippen molar-refractivity contribution < 1.29 is 9.53 Å². The smallest absolute Gasteiger partial charge is 0.325 e. The Morgan fingerprint density at radius 2 is 2.11 bits per heavy atom. The summed E-state index contributed by atoms with van der Waals surface area (Å²) < 4.78 is 5.19. The summed E-state index contributed by atoms with van der Waals surface area (Å²) >= 11 is 0. The lowest BCUT2D eigenvalue weighted by Crippen LogP contribution is -2.28. The minimum absolute atomic E-state index is 0.0903. The summed E-state index contributed by atoms with van der Waals surface area (Å²) in [6, 6.07) is 7.37. The van der Waals surface area contributed by atoms with Crippen molar-refractivity contribution in [1.82, 2.24) is 0 Å². The van der Waals surface area contributed by atoms with Crippen molar-refractivity contribution in [2.75, 3.05) is 11.9 Å². The van der Waals surface area contributed by atoms with Crippen molar-refractivity contribution >= 4 is 11.7 Å². The molecule has 0 heterocycles. The van der Waals surface area contributed by atoms with Gasteiger partial charge in [-0.25, -0.2) is 0 Å². The molecule has 4 heteroatoms. The highest BCUT2D eigenvalue weighted by Gasteiger charge is 2.15. The van der Waals surface area contributed by atoms with E-state index in [4.69, 9.17) is 10.00 Å². The number of nitrogens with zero attached hydrogens (tertiary/aromatic N) is 1. The molecule has 18 heavy (non-hydrogen) atoms. The fourth-order valence-electron chi connectivity index (χ4n) is 1.43. The molecule has 1 aromatic carbocycles. The molecule has 0 atom stereocenters. The molecule has 96 valence electrons. The van der Waals surface area contributed by atoms with Crippen molar-refractivity contribution in [3.05, 3.63) is 29.3 Å². The second kappa shape index (κ2) is 5.54. The van der Waals surface area contributed by atoms with Crippen LogP contribution < -0.4 is 5.32 Å². The van der Waals surface area contributed by atoms with E-state index >= 15 is 0 Å².